The summed E-state index contributed by atoms with van der Waals surface area (Å²) in [6.07, 6.45) is 0.711. The molecule has 0 unspecified atom stereocenters. The van der Waals surface area contributed by atoms with Gasteiger partial charge in [-0.2, -0.15) is 0 Å². The lowest BCUT2D eigenvalue weighted by atomic mass is 10.2. The van der Waals surface area contributed by atoms with Crippen LogP contribution in [0.4, 0.5) is 5.69 Å². The molecular weight excluding hydrogens is 320 g/mol. The van der Waals surface area contributed by atoms with Crippen molar-refractivity contribution >= 4 is 27.5 Å². The molecule has 0 radical (unpaired) electrons. The Balaban J connectivity index is 1.97. The lowest BCUT2D eigenvalue weighted by Crippen LogP contribution is -2.29. The van der Waals surface area contributed by atoms with Crippen LogP contribution in [0.25, 0.3) is 0 Å². The van der Waals surface area contributed by atoms with Crippen LogP contribution < -0.4 is 9.62 Å². The zero-order valence-electron chi connectivity index (χ0n) is 12.9. The summed E-state index contributed by atoms with van der Waals surface area (Å²) in [5.41, 5.74) is 0.676. The summed E-state index contributed by atoms with van der Waals surface area (Å²) in [5, 5.41) is 2.75. The Morgan fingerprint density at radius 1 is 1.30 bits per heavy atom. The first-order valence-electron chi connectivity index (χ1n) is 7.47. The highest BCUT2D eigenvalue weighted by Crippen LogP contribution is 2.25. The van der Waals surface area contributed by atoms with Crippen molar-refractivity contribution in [3.8, 4) is 0 Å². The third kappa shape index (κ3) is 4.29. The number of ether oxygens (including phenoxy) is 1. The summed E-state index contributed by atoms with van der Waals surface area (Å²) in [6.45, 7) is 3.64. The van der Waals surface area contributed by atoms with Gasteiger partial charge in [-0.15, -0.1) is 0 Å². The topological polar surface area (TPSA) is 92.8 Å². The fourth-order valence-corrected chi connectivity index (χ4v) is 3.70. The molecule has 1 saturated heterocycles. The third-order valence-electron chi connectivity index (χ3n) is 3.40. The number of hydrogen-bond donors (Lipinski definition) is 1. The number of amides is 2. The smallest absolute Gasteiger partial charge is 0.251 e. The molecule has 0 aliphatic carbocycles. The highest BCUT2D eigenvalue weighted by Gasteiger charge is 2.36. The second-order valence-electron chi connectivity index (χ2n) is 5.08. The summed E-state index contributed by atoms with van der Waals surface area (Å²) in [6, 6.07) is 5.95. The number of carbonyl (C=O) groups excluding carboxylic acids is 2. The number of carbonyl (C=O) groups is 2. The van der Waals surface area contributed by atoms with Crippen molar-refractivity contribution in [1.29, 1.82) is 0 Å². The molecule has 126 valence electrons. The van der Waals surface area contributed by atoms with E-state index < -0.39 is 15.9 Å². The Bertz CT molecular complexity index is 670. The van der Waals surface area contributed by atoms with E-state index in [1.54, 1.807) is 0 Å². The number of anilines is 1. The first-order valence-corrected chi connectivity index (χ1v) is 9.08. The minimum absolute atomic E-state index is 0.00952. The quantitative estimate of drug-likeness (QED) is 0.745. The molecule has 1 aliphatic rings. The minimum atomic E-state index is -3.58. The number of nitrogens with one attached hydrogen (secondary N) is 1. The van der Waals surface area contributed by atoms with Crippen LogP contribution in [-0.4, -0.2) is 45.7 Å². The van der Waals surface area contributed by atoms with E-state index >= 15 is 0 Å². The van der Waals surface area contributed by atoms with Crippen molar-refractivity contribution in [3.05, 3.63) is 29.8 Å². The van der Waals surface area contributed by atoms with Crippen molar-refractivity contribution in [3.63, 3.8) is 0 Å². The standard InChI is InChI=1S/C15H20N2O5S/c1-2-22-10-3-9-16-15(19)12-4-6-13(7-5-12)17-14(18)8-11-23(17,20)21/h4-7H,2-3,8-11H2,1H3,(H,16,19). The van der Waals surface area contributed by atoms with Gasteiger partial charge in [-0.1, -0.05) is 0 Å². The number of rotatable bonds is 7. The van der Waals surface area contributed by atoms with Crippen LogP contribution in [-0.2, 0) is 19.6 Å². The van der Waals surface area contributed by atoms with Gasteiger partial charge in [0.1, 0.15) is 0 Å². The summed E-state index contributed by atoms with van der Waals surface area (Å²) >= 11 is 0. The van der Waals surface area contributed by atoms with Gasteiger partial charge in [0.25, 0.3) is 5.91 Å². The molecule has 1 fully saturated rings. The minimum Gasteiger partial charge on any atom is -0.382 e. The average molecular weight is 340 g/mol. The summed E-state index contributed by atoms with van der Waals surface area (Å²) in [5.74, 6) is -0.866. The van der Waals surface area contributed by atoms with Crippen molar-refractivity contribution in [2.45, 2.75) is 19.8 Å². The Labute approximate surface area is 135 Å². The Hall–Kier alpha value is -1.93. The molecule has 0 aromatic heterocycles. The maximum Gasteiger partial charge on any atom is 0.251 e. The van der Waals surface area contributed by atoms with Gasteiger partial charge >= 0.3 is 0 Å². The van der Waals surface area contributed by atoms with Gasteiger partial charge in [0.15, 0.2) is 0 Å². The molecule has 2 rings (SSSR count). The molecule has 23 heavy (non-hydrogen) atoms. The van der Waals surface area contributed by atoms with Crippen molar-refractivity contribution in [2.24, 2.45) is 0 Å². The van der Waals surface area contributed by atoms with E-state index in [-0.39, 0.29) is 23.8 Å². The second kappa shape index (κ2) is 7.56. The number of hydrogen-bond acceptors (Lipinski definition) is 5. The van der Waals surface area contributed by atoms with Crippen LogP contribution in [0.2, 0.25) is 0 Å². The number of nitrogens with zero attached hydrogens (tertiary/aromatic N) is 1. The molecular formula is C15H20N2O5S. The van der Waals surface area contributed by atoms with Gasteiger partial charge in [-0.05, 0) is 37.6 Å². The number of benzene rings is 1. The lowest BCUT2D eigenvalue weighted by Gasteiger charge is -2.15. The van der Waals surface area contributed by atoms with Gasteiger partial charge < -0.3 is 10.1 Å². The van der Waals surface area contributed by atoms with E-state index in [9.17, 15) is 18.0 Å². The van der Waals surface area contributed by atoms with E-state index in [4.69, 9.17) is 4.74 Å². The predicted molar refractivity (Wildman–Crippen MR) is 85.8 cm³/mol. The maximum atomic E-state index is 12.0. The average Bonchev–Trinajstić information content (AvgIpc) is 2.80. The molecule has 1 N–H and O–H groups in total. The van der Waals surface area contributed by atoms with Gasteiger partial charge in [-0.3, -0.25) is 9.59 Å². The molecule has 1 aliphatic heterocycles. The third-order valence-corrected chi connectivity index (χ3v) is 5.09. The first-order chi connectivity index (χ1) is 11.0. The van der Waals surface area contributed by atoms with Crippen LogP contribution in [0, 0.1) is 0 Å². The summed E-state index contributed by atoms with van der Waals surface area (Å²) in [4.78, 5) is 23.6. The Morgan fingerprint density at radius 2 is 2.00 bits per heavy atom. The van der Waals surface area contributed by atoms with Crippen LogP contribution >= 0.6 is 0 Å². The van der Waals surface area contributed by atoms with Gasteiger partial charge in [0, 0.05) is 31.7 Å². The van der Waals surface area contributed by atoms with Crippen molar-refractivity contribution in [1.82, 2.24) is 5.32 Å². The highest BCUT2D eigenvalue weighted by molar-refractivity contribution is 7.94. The van der Waals surface area contributed by atoms with Crippen molar-refractivity contribution < 1.29 is 22.7 Å². The summed E-state index contributed by atoms with van der Waals surface area (Å²) < 4.78 is 29.6. The van der Waals surface area contributed by atoms with Crippen LogP contribution in [0.15, 0.2) is 24.3 Å². The van der Waals surface area contributed by atoms with E-state index in [2.05, 4.69) is 5.32 Å². The van der Waals surface area contributed by atoms with Crippen LogP contribution in [0.1, 0.15) is 30.1 Å². The lowest BCUT2D eigenvalue weighted by molar-refractivity contribution is -0.116. The Kier molecular flexibility index (Phi) is 5.73. The fourth-order valence-electron chi connectivity index (χ4n) is 2.24. The zero-order valence-corrected chi connectivity index (χ0v) is 13.8. The molecule has 1 aromatic rings. The first kappa shape index (κ1) is 17.4. The van der Waals surface area contributed by atoms with E-state index in [0.717, 1.165) is 10.7 Å². The molecule has 1 heterocycles. The van der Waals surface area contributed by atoms with E-state index in [1.165, 1.54) is 24.3 Å². The van der Waals surface area contributed by atoms with Crippen LogP contribution in [0.5, 0.6) is 0 Å². The van der Waals surface area contributed by atoms with E-state index in [1.807, 2.05) is 6.92 Å². The van der Waals surface area contributed by atoms with Crippen molar-refractivity contribution in [2.75, 3.05) is 29.8 Å². The summed E-state index contributed by atoms with van der Waals surface area (Å²) in [7, 11) is -3.58. The van der Waals surface area contributed by atoms with Gasteiger partial charge in [0.05, 0.1) is 11.4 Å². The monoisotopic (exact) mass is 340 g/mol. The van der Waals surface area contributed by atoms with Gasteiger partial charge in [-0.25, -0.2) is 12.7 Å². The maximum absolute atomic E-state index is 12.0. The molecule has 1 aromatic carbocycles. The molecule has 0 bridgehead atoms. The Morgan fingerprint density at radius 3 is 2.57 bits per heavy atom. The second-order valence-corrected chi connectivity index (χ2v) is 7.01. The molecule has 8 heteroatoms. The largest absolute Gasteiger partial charge is 0.382 e. The van der Waals surface area contributed by atoms with Gasteiger partial charge in [0.2, 0.25) is 15.9 Å². The molecule has 0 saturated carbocycles. The molecule has 2 amide bonds. The fraction of sp³-hybridized carbons (Fsp3) is 0.467. The molecule has 0 spiro atoms. The number of sulfonamides is 1. The predicted octanol–water partition coefficient (Wildman–Crippen LogP) is 0.910. The zero-order chi connectivity index (χ0) is 16.9. The van der Waals surface area contributed by atoms with E-state index in [0.29, 0.717) is 25.3 Å². The molecule has 7 nitrogen and oxygen atoms in total. The molecule has 0 atom stereocenters. The highest BCUT2D eigenvalue weighted by atomic mass is 32.2. The SMILES string of the molecule is CCOCCCNC(=O)c1ccc(N2C(=O)CCS2(=O)=O)cc1. The van der Waals surface area contributed by atoms with Crippen LogP contribution in [0.3, 0.4) is 0 Å². The normalized spacial score (nSPS) is 16.6.